The molecular weight excluding hydrogens is 248 g/mol. The number of aliphatic hydroxyl groups excluding tert-OH is 2. The highest BCUT2D eigenvalue weighted by molar-refractivity contribution is 5.49. The van der Waals surface area contributed by atoms with Crippen molar-refractivity contribution < 1.29 is 10.2 Å². The molecule has 2 atom stereocenters. The lowest BCUT2D eigenvalue weighted by Crippen LogP contribution is -1.96. The lowest BCUT2D eigenvalue weighted by atomic mass is 10.0. The Morgan fingerprint density at radius 2 is 1.05 bits per heavy atom. The summed E-state index contributed by atoms with van der Waals surface area (Å²) in [6.07, 6.45) is -1.10. The second-order valence-corrected chi connectivity index (χ2v) is 4.78. The Morgan fingerprint density at radius 1 is 0.700 bits per heavy atom. The molecule has 0 fully saturated rings. The number of hydrogen-bond donors (Lipinski definition) is 2. The Hall–Kier alpha value is -2.08. The first-order valence-electron chi connectivity index (χ1n) is 6.65. The zero-order chi connectivity index (χ0) is 14.5. The normalized spacial score (nSPS) is 13.2. The average Bonchev–Trinajstić information content (AvgIpc) is 2.45. The Bertz CT molecular complexity index is 590. The maximum Gasteiger partial charge on any atom is 0.0774 e. The van der Waals surface area contributed by atoms with E-state index in [-0.39, 0.29) is 0 Å². The summed E-state index contributed by atoms with van der Waals surface area (Å²) in [7, 11) is 0. The smallest absolute Gasteiger partial charge is 0.0774 e. The average molecular weight is 266 g/mol. The van der Waals surface area contributed by atoms with Crippen LogP contribution in [0.1, 0.15) is 48.3 Å². The molecule has 102 valence electrons. The van der Waals surface area contributed by atoms with Gasteiger partial charge < -0.3 is 10.2 Å². The zero-order valence-electron chi connectivity index (χ0n) is 11.7. The van der Waals surface area contributed by atoms with Crippen molar-refractivity contribution in [2.75, 3.05) is 0 Å². The van der Waals surface area contributed by atoms with Gasteiger partial charge in [-0.2, -0.15) is 0 Å². The van der Waals surface area contributed by atoms with Crippen LogP contribution in [0.4, 0.5) is 0 Å². The molecule has 2 aromatic carbocycles. The Labute approximate surface area is 119 Å². The van der Waals surface area contributed by atoms with E-state index in [0.717, 1.165) is 22.3 Å². The van der Waals surface area contributed by atoms with Crippen LogP contribution in [-0.4, -0.2) is 10.2 Å². The van der Waals surface area contributed by atoms with Crippen molar-refractivity contribution in [3.8, 4) is 11.8 Å². The molecule has 0 saturated carbocycles. The summed E-state index contributed by atoms with van der Waals surface area (Å²) in [6, 6.07) is 15.1. The lowest BCUT2D eigenvalue weighted by Gasteiger charge is -2.08. The van der Waals surface area contributed by atoms with E-state index in [2.05, 4.69) is 11.8 Å². The van der Waals surface area contributed by atoms with Crippen LogP contribution >= 0.6 is 0 Å². The van der Waals surface area contributed by atoms with Crippen molar-refractivity contribution >= 4 is 0 Å². The highest BCUT2D eigenvalue weighted by atomic mass is 16.3. The zero-order valence-corrected chi connectivity index (χ0v) is 11.7. The van der Waals surface area contributed by atoms with Crippen LogP contribution in [0.3, 0.4) is 0 Å². The van der Waals surface area contributed by atoms with Gasteiger partial charge in [0.05, 0.1) is 12.2 Å². The first-order chi connectivity index (χ1) is 9.59. The molecule has 0 amide bonds. The van der Waals surface area contributed by atoms with Gasteiger partial charge in [-0.15, -0.1) is 0 Å². The fraction of sp³-hybridized carbons (Fsp3) is 0.222. The van der Waals surface area contributed by atoms with Crippen LogP contribution in [0.25, 0.3) is 0 Å². The minimum absolute atomic E-state index is 0.549. The predicted octanol–water partition coefficient (Wildman–Crippen LogP) is 3.19. The molecule has 0 aliphatic rings. The molecule has 2 heteroatoms. The topological polar surface area (TPSA) is 40.5 Å². The molecule has 2 N–H and O–H groups in total. The van der Waals surface area contributed by atoms with Gasteiger partial charge in [0, 0.05) is 11.1 Å². The Morgan fingerprint density at radius 3 is 1.40 bits per heavy atom. The van der Waals surface area contributed by atoms with E-state index in [1.165, 1.54) is 0 Å². The van der Waals surface area contributed by atoms with Gasteiger partial charge in [-0.05, 0) is 37.1 Å². The summed E-state index contributed by atoms with van der Waals surface area (Å²) < 4.78 is 0. The van der Waals surface area contributed by atoms with Crippen LogP contribution in [0.2, 0.25) is 0 Å². The third-order valence-electron chi connectivity index (χ3n) is 3.15. The van der Waals surface area contributed by atoms with E-state index >= 15 is 0 Å². The van der Waals surface area contributed by atoms with Gasteiger partial charge in [-0.25, -0.2) is 0 Å². The van der Waals surface area contributed by atoms with Crippen molar-refractivity contribution in [1.82, 2.24) is 0 Å². The van der Waals surface area contributed by atoms with Crippen LogP contribution in [0, 0.1) is 11.8 Å². The number of hydrogen-bond acceptors (Lipinski definition) is 2. The second-order valence-electron chi connectivity index (χ2n) is 4.78. The maximum atomic E-state index is 9.74. The maximum absolute atomic E-state index is 9.74. The first kappa shape index (κ1) is 14.3. The molecule has 20 heavy (non-hydrogen) atoms. The standard InChI is InChI=1S/C18H18O2/c1-13(19)17-9-5-3-7-15(17)11-12-16-8-4-6-10-18(16)14(2)20/h3-10,13-14,19-20H,1-2H3/t13-,14-/m0/s1. The summed E-state index contributed by atoms with van der Waals surface area (Å²) in [5.74, 6) is 6.17. The molecule has 2 nitrogen and oxygen atoms in total. The van der Waals surface area contributed by atoms with Crippen LogP contribution < -0.4 is 0 Å². The molecule has 0 saturated heterocycles. The molecule has 0 aliphatic heterocycles. The van der Waals surface area contributed by atoms with Gasteiger partial charge in [0.15, 0.2) is 0 Å². The number of benzene rings is 2. The van der Waals surface area contributed by atoms with Crippen LogP contribution in [0.15, 0.2) is 48.5 Å². The molecule has 0 heterocycles. The minimum Gasteiger partial charge on any atom is -0.389 e. The lowest BCUT2D eigenvalue weighted by molar-refractivity contribution is 0.198. The first-order valence-corrected chi connectivity index (χ1v) is 6.65. The van der Waals surface area contributed by atoms with Crippen LogP contribution in [0.5, 0.6) is 0 Å². The van der Waals surface area contributed by atoms with Crippen molar-refractivity contribution in [2.45, 2.75) is 26.1 Å². The van der Waals surface area contributed by atoms with Crippen molar-refractivity contribution in [3.63, 3.8) is 0 Å². The SMILES string of the molecule is C[C@H](O)c1ccccc1C#Cc1ccccc1[C@H](C)O. The highest BCUT2D eigenvalue weighted by Gasteiger charge is 2.06. The van der Waals surface area contributed by atoms with E-state index in [9.17, 15) is 10.2 Å². The van der Waals surface area contributed by atoms with Gasteiger partial charge >= 0.3 is 0 Å². The minimum atomic E-state index is -0.549. The number of aliphatic hydroxyl groups is 2. The number of rotatable bonds is 2. The summed E-state index contributed by atoms with van der Waals surface area (Å²) in [5.41, 5.74) is 3.25. The van der Waals surface area contributed by atoms with Crippen molar-refractivity contribution in [2.24, 2.45) is 0 Å². The van der Waals surface area contributed by atoms with E-state index < -0.39 is 12.2 Å². The van der Waals surface area contributed by atoms with E-state index in [0.29, 0.717) is 0 Å². The van der Waals surface area contributed by atoms with Crippen LogP contribution in [-0.2, 0) is 0 Å². The fourth-order valence-electron chi connectivity index (χ4n) is 2.08. The molecule has 0 spiro atoms. The van der Waals surface area contributed by atoms with E-state index in [1.807, 2.05) is 48.5 Å². The summed E-state index contributed by atoms with van der Waals surface area (Å²) >= 11 is 0. The Balaban J connectivity index is 2.42. The summed E-state index contributed by atoms with van der Waals surface area (Å²) in [6.45, 7) is 3.45. The fourth-order valence-corrected chi connectivity index (χ4v) is 2.08. The van der Waals surface area contributed by atoms with Gasteiger partial charge in [-0.1, -0.05) is 48.2 Å². The van der Waals surface area contributed by atoms with Crippen molar-refractivity contribution in [1.29, 1.82) is 0 Å². The van der Waals surface area contributed by atoms with Gasteiger partial charge in [0.1, 0.15) is 0 Å². The quantitative estimate of drug-likeness (QED) is 0.820. The monoisotopic (exact) mass is 266 g/mol. The molecule has 2 rings (SSSR count). The van der Waals surface area contributed by atoms with Gasteiger partial charge in [-0.3, -0.25) is 0 Å². The van der Waals surface area contributed by atoms with Gasteiger partial charge in [0.25, 0.3) is 0 Å². The van der Waals surface area contributed by atoms with E-state index in [4.69, 9.17) is 0 Å². The Kier molecular flexibility index (Phi) is 4.57. The molecular formula is C18H18O2. The molecule has 2 aromatic rings. The summed E-state index contributed by atoms with van der Waals surface area (Å²) in [4.78, 5) is 0. The second kappa shape index (κ2) is 6.38. The molecule has 0 bridgehead atoms. The van der Waals surface area contributed by atoms with Gasteiger partial charge in [0.2, 0.25) is 0 Å². The molecule has 0 aliphatic carbocycles. The largest absolute Gasteiger partial charge is 0.389 e. The highest BCUT2D eigenvalue weighted by Crippen LogP contribution is 2.18. The third-order valence-corrected chi connectivity index (χ3v) is 3.15. The molecule has 0 aromatic heterocycles. The molecule has 0 radical (unpaired) electrons. The van der Waals surface area contributed by atoms with E-state index in [1.54, 1.807) is 13.8 Å². The third kappa shape index (κ3) is 3.27. The predicted molar refractivity (Wildman–Crippen MR) is 80.1 cm³/mol. The molecule has 0 unspecified atom stereocenters. The summed E-state index contributed by atoms with van der Waals surface area (Å²) in [5, 5.41) is 19.5. The van der Waals surface area contributed by atoms with Crippen molar-refractivity contribution in [3.05, 3.63) is 70.8 Å².